The molecule has 0 bridgehead atoms. The van der Waals surface area contributed by atoms with Gasteiger partial charge in [-0.2, -0.15) is 0 Å². The second-order valence-corrected chi connectivity index (χ2v) is 4.45. The Morgan fingerprint density at radius 2 is 2.33 bits per heavy atom. The quantitative estimate of drug-likeness (QED) is 0.865. The van der Waals surface area contributed by atoms with Crippen molar-refractivity contribution in [1.29, 1.82) is 0 Å². The van der Waals surface area contributed by atoms with Crippen LogP contribution in [0, 0.1) is 0 Å². The molecule has 1 fully saturated rings. The topological polar surface area (TPSA) is 81.6 Å². The molecule has 0 atom stereocenters. The molecule has 2 rings (SSSR count). The number of carbonyl (C=O) groups is 1. The van der Waals surface area contributed by atoms with Crippen LogP contribution in [-0.4, -0.2) is 42.3 Å². The fourth-order valence-electron chi connectivity index (χ4n) is 2.20. The molecule has 1 saturated heterocycles. The number of hydrogen-bond acceptors (Lipinski definition) is 5. The maximum Gasteiger partial charge on any atom is 0.248 e. The van der Waals surface area contributed by atoms with Crippen molar-refractivity contribution in [3.8, 4) is 0 Å². The lowest BCUT2D eigenvalue weighted by atomic mass is 9.93. The normalized spacial score (nSPS) is 17.1. The van der Waals surface area contributed by atoms with Crippen molar-refractivity contribution in [3.63, 3.8) is 0 Å². The zero-order chi connectivity index (χ0) is 13.0. The molecule has 0 aromatic carbocycles. The number of nitrogens with two attached hydrogens (primary N) is 1. The highest BCUT2D eigenvalue weighted by Crippen LogP contribution is 2.28. The van der Waals surface area contributed by atoms with Crippen molar-refractivity contribution in [1.82, 2.24) is 10.1 Å². The number of likely N-dealkylation sites (tertiary alicyclic amines) is 1. The monoisotopic (exact) mass is 253 g/mol. The highest BCUT2D eigenvalue weighted by Gasteiger charge is 2.25. The molecule has 1 amide bonds. The average molecular weight is 253 g/mol. The van der Waals surface area contributed by atoms with Crippen molar-refractivity contribution >= 4 is 11.8 Å². The minimum absolute atomic E-state index is 0.0648. The molecule has 1 aliphatic rings. The average Bonchev–Trinajstić information content (AvgIpc) is 2.83. The third-order valence-corrected chi connectivity index (χ3v) is 3.24. The molecule has 18 heavy (non-hydrogen) atoms. The zero-order valence-electron chi connectivity index (χ0n) is 10.6. The number of aromatic nitrogens is 1. The molecule has 1 aromatic heterocycles. The number of piperidine rings is 1. The molecule has 1 aliphatic heterocycles. The Morgan fingerprint density at radius 3 is 2.89 bits per heavy atom. The lowest BCUT2D eigenvalue weighted by molar-refractivity contribution is -0.137. The van der Waals surface area contributed by atoms with Crippen molar-refractivity contribution in [2.75, 3.05) is 32.0 Å². The predicted molar refractivity (Wildman–Crippen MR) is 66.0 cm³/mol. The van der Waals surface area contributed by atoms with Crippen LogP contribution < -0.4 is 5.73 Å². The second-order valence-electron chi connectivity index (χ2n) is 4.45. The maximum absolute atomic E-state index is 11.8. The number of anilines is 1. The van der Waals surface area contributed by atoms with Crippen LogP contribution in [0.1, 0.15) is 31.4 Å². The van der Waals surface area contributed by atoms with E-state index in [-0.39, 0.29) is 12.5 Å². The van der Waals surface area contributed by atoms with Gasteiger partial charge in [0.2, 0.25) is 11.8 Å². The fourth-order valence-corrected chi connectivity index (χ4v) is 2.20. The molecule has 0 radical (unpaired) electrons. The van der Waals surface area contributed by atoms with Crippen molar-refractivity contribution < 1.29 is 14.1 Å². The van der Waals surface area contributed by atoms with Crippen molar-refractivity contribution in [3.05, 3.63) is 11.8 Å². The predicted octanol–water partition coefficient (Wildman–Crippen LogP) is 0.999. The van der Waals surface area contributed by atoms with E-state index in [1.165, 1.54) is 0 Å². The Labute approximate surface area is 106 Å². The summed E-state index contributed by atoms with van der Waals surface area (Å²) in [5.74, 6) is 0.747. The first-order valence-electron chi connectivity index (χ1n) is 6.28. The number of nitrogens with zero attached hydrogens (tertiary/aromatic N) is 2. The minimum Gasteiger partial charge on any atom is -0.372 e. The van der Waals surface area contributed by atoms with E-state index in [1.54, 1.807) is 6.07 Å². The Hall–Kier alpha value is -1.56. The second kappa shape index (κ2) is 5.86. The van der Waals surface area contributed by atoms with Gasteiger partial charge in [-0.25, -0.2) is 0 Å². The first-order chi connectivity index (χ1) is 8.70. The molecule has 6 heteroatoms. The highest BCUT2D eigenvalue weighted by atomic mass is 16.5. The van der Waals surface area contributed by atoms with Crippen LogP contribution in [0.25, 0.3) is 0 Å². The summed E-state index contributed by atoms with van der Waals surface area (Å²) < 4.78 is 10.0. The van der Waals surface area contributed by atoms with Crippen LogP contribution in [0.3, 0.4) is 0 Å². The molecule has 0 spiro atoms. The van der Waals surface area contributed by atoms with Crippen molar-refractivity contribution in [2.24, 2.45) is 0 Å². The number of nitrogen functional groups attached to an aromatic ring is 1. The lowest BCUT2D eigenvalue weighted by Gasteiger charge is -2.30. The molecule has 0 aliphatic carbocycles. The van der Waals surface area contributed by atoms with Crippen molar-refractivity contribution in [2.45, 2.75) is 25.7 Å². The molecular formula is C12H19N3O3. The summed E-state index contributed by atoms with van der Waals surface area (Å²) in [6.07, 6.45) is 1.79. The number of ether oxygens (including phenoxy) is 1. The van der Waals surface area contributed by atoms with Crippen LogP contribution >= 0.6 is 0 Å². The molecule has 0 saturated carbocycles. The van der Waals surface area contributed by atoms with Crippen LogP contribution in [0.15, 0.2) is 10.6 Å². The van der Waals surface area contributed by atoms with E-state index in [2.05, 4.69) is 5.16 Å². The Morgan fingerprint density at radius 1 is 1.61 bits per heavy atom. The first-order valence-corrected chi connectivity index (χ1v) is 6.28. The van der Waals surface area contributed by atoms with Crippen LogP contribution in [0.2, 0.25) is 0 Å². The van der Waals surface area contributed by atoms with Gasteiger partial charge in [0.15, 0.2) is 0 Å². The highest BCUT2D eigenvalue weighted by molar-refractivity contribution is 5.77. The molecule has 6 nitrogen and oxygen atoms in total. The smallest absolute Gasteiger partial charge is 0.248 e. The summed E-state index contributed by atoms with van der Waals surface area (Å²) >= 11 is 0. The number of amides is 1. The van der Waals surface area contributed by atoms with Gasteiger partial charge in [0.25, 0.3) is 0 Å². The summed E-state index contributed by atoms with van der Waals surface area (Å²) in [4.78, 5) is 13.6. The summed E-state index contributed by atoms with van der Waals surface area (Å²) in [6.45, 7) is 4.11. The van der Waals surface area contributed by atoms with Crippen LogP contribution in [0.5, 0.6) is 0 Å². The van der Waals surface area contributed by atoms with E-state index in [1.807, 2.05) is 11.8 Å². The molecule has 2 N–H and O–H groups in total. The van der Waals surface area contributed by atoms with E-state index in [0.717, 1.165) is 31.6 Å². The van der Waals surface area contributed by atoms with Crippen LogP contribution in [0.4, 0.5) is 5.88 Å². The third-order valence-electron chi connectivity index (χ3n) is 3.24. The molecule has 1 aromatic rings. The molecular weight excluding hydrogens is 234 g/mol. The van der Waals surface area contributed by atoms with E-state index >= 15 is 0 Å². The summed E-state index contributed by atoms with van der Waals surface area (Å²) in [7, 11) is 0. The summed E-state index contributed by atoms with van der Waals surface area (Å²) in [5.41, 5.74) is 6.40. The molecule has 0 unspecified atom stereocenters. The maximum atomic E-state index is 11.8. The Kier molecular flexibility index (Phi) is 4.19. The Bertz CT molecular complexity index is 397. The third kappa shape index (κ3) is 3.01. The largest absolute Gasteiger partial charge is 0.372 e. The molecule has 100 valence electrons. The van der Waals surface area contributed by atoms with Gasteiger partial charge in [-0.3, -0.25) is 4.79 Å². The standard InChI is InChI=1S/C12H19N3O3/c1-2-17-8-12(16)15-5-3-9(4-6-15)10-7-11(13)18-14-10/h7,9H,2-6,8,13H2,1H3. The van der Waals surface area contributed by atoms with Gasteiger partial charge in [0.05, 0.1) is 5.69 Å². The van der Waals surface area contributed by atoms with Gasteiger partial charge in [0, 0.05) is 31.7 Å². The minimum atomic E-state index is 0.0648. The van der Waals surface area contributed by atoms with E-state index in [0.29, 0.717) is 18.4 Å². The van der Waals surface area contributed by atoms with Gasteiger partial charge in [-0.1, -0.05) is 5.16 Å². The van der Waals surface area contributed by atoms with Crippen LogP contribution in [-0.2, 0) is 9.53 Å². The summed E-state index contributed by atoms with van der Waals surface area (Å²) in [5, 5.41) is 3.93. The van der Waals surface area contributed by atoms with Gasteiger partial charge in [-0.15, -0.1) is 0 Å². The number of rotatable bonds is 4. The van der Waals surface area contributed by atoms with E-state index in [9.17, 15) is 4.79 Å². The van der Waals surface area contributed by atoms with Gasteiger partial charge < -0.3 is 19.9 Å². The first kappa shape index (κ1) is 12.9. The number of hydrogen-bond donors (Lipinski definition) is 1. The van der Waals surface area contributed by atoms with Gasteiger partial charge in [0.1, 0.15) is 6.61 Å². The molecule has 2 heterocycles. The van der Waals surface area contributed by atoms with E-state index < -0.39 is 0 Å². The van der Waals surface area contributed by atoms with Gasteiger partial charge >= 0.3 is 0 Å². The SMILES string of the molecule is CCOCC(=O)N1CCC(c2cc(N)on2)CC1. The Balaban J connectivity index is 1.82. The van der Waals surface area contributed by atoms with E-state index in [4.69, 9.17) is 15.0 Å². The lowest BCUT2D eigenvalue weighted by Crippen LogP contribution is -2.40. The summed E-state index contributed by atoms with van der Waals surface area (Å²) in [6, 6.07) is 1.77. The fraction of sp³-hybridized carbons (Fsp3) is 0.667. The van der Waals surface area contributed by atoms with Gasteiger partial charge in [-0.05, 0) is 19.8 Å². The zero-order valence-corrected chi connectivity index (χ0v) is 10.6. The number of carbonyl (C=O) groups excluding carboxylic acids is 1.